The number of esters is 1. The molecule has 136 valence electrons. The Morgan fingerprint density at radius 1 is 1.40 bits per heavy atom. The second kappa shape index (κ2) is 8.13. The maximum atomic E-state index is 12.2. The number of hydrogen-bond donors (Lipinski definition) is 1. The minimum atomic E-state index is -0.737. The second-order valence-electron chi connectivity index (χ2n) is 5.97. The summed E-state index contributed by atoms with van der Waals surface area (Å²) in [6.07, 6.45) is 0.713. The number of amides is 1. The predicted octanol–water partition coefficient (Wildman–Crippen LogP) is 3.13. The average molecular weight is 351 g/mol. The molecule has 0 bridgehead atoms. The Labute approximate surface area is 145 Å². The summed E-state index contributed by atoms with van der Waals surface area (Å²) in [6, 6.07) is 3.72. The summed E-state index contributed by atoms with van der Waals surface area (Å²) >= 11 is 0. The van der Waals surface area contributed by atoms with E-state index in [2.05, 4.69) is 16.7 Å². The maximum Gasteiger partial charge on any atom is 0.429 e. The quantitative estimate of drug-likeness (QED) is 0.363. The fourth-order valence-electron chi connectivity index (χ4n) is 1.78. The van der Waals surface area contributed by atoms with Crippen molar-refractivity contribution < 1.29 is 24.0 Å². The molecule has 0 radical (unpaired) electrons. The van der Waals surface area contributed by atoms with Crippen molar-refractivity contribution in [3.8, 4) is 0 Å². The van der Waals surface area contributed by atoms with Gasteiger partial charge in [0, 0.05) is 6.07 Å². The minimum Gasteiger partial charge on any atom is -0.465 e. The first kappa shape index (κ1) is 19.9. The largest absolute Gasteiger partial charge is 0.465 e. The van der Waals surface area contributed by atoms with Crippen LogP contribution in [-0.2, 0) is 9.47 Å². The van der Waals surface area contributed by atoms with Crippen LogP contribution in [0.1, 0.15) is 31.1 Å². The number of anilines is 1. The highest BCUT2D eigenvalue weighted by atomic mass is 16.6. The van der Waals surface area contributed by atoms with Gasteiger partial charge in [0.25, 0.3) is 5.69 Å². The van der Waals surface area contributed by atoms with Gasteiger partial charge in [-0.15, -0.1) is 6.58 Å². The molecule has 1 aromatic rings. The Balaban J connectivity index is 3.15. The van der Waals surface area contributed by atoms with Crippen LogP contribution in [-0.4, -0.2) is 41.3 Å². The van der Waals surface area contributed by atoms with Crippen LogP contribution in [0.4, 0.5) is 16.2 Å². The van der Waals surface area contributed by atoms with Gasteiger partial charge in [-0.05, 0) is 32.9 Å². The molecule has 0 aromatic heterocycles. The number of nitrogens with zero attached hydrogens (tertiary/aromatic N) is 2. The molecule has 25 heavy (non-hydrogen) atoms. The molecule has 9 nitrogen and oxygen atoms in total. The van der Waals surface area contributed by atoms with E-state index in [1.54, 1.807) is 20.8 Å². The van der Waals surface area contributed by atoms with Crippen LogP contribution < -0.4 is 5.43 Å². The lowest BCUT2D eigenvalue weighted by Crippen LogP contribution is -2.40. The number of nitro groups is 1. The molecule has 0 heterocycles. The number of rotatable bonds is 6. The first-order valence-corrected chi connectivity index (χ1v) is 7.34. The highest BCUT2D eigenvalue weighted by molar-refractivity contribution is 5.91. The lowest BCUT2D eigenvalue weighted by Gasteiger charge is -2.27. The number of nitrogens with one attached hydrogen (secondary N) is 1. The maximum absolute atomic E-state index is 12.2. The molecule has 0 atom stereocenters. The normalized spacial score (nSPS) is 10.6. The zero-order valence-electron chi connectivity index (χ0n) is 14.6. The third-order valence-corrected chi connectivity index (χ3v) is 2.80. The molecule has 0 aliphatic rings. The summed E-state index contributed by atoms with van der Waals surface area (Å²) in [5.74, 6) is -0.704. The fraction of sp³-hybridized carbons (Fsp3) is 0.375. The summed E-state index contributed by atoms with van der Waals surface area (Å²) in [6.45, 7) is 8.69. The van der Waals surface area contributed by atoms with Gasteiger partial charge in [0.2, 0.25) is 0 Å². The molecule has 1 rings (SSSR count). The van der Waals surface area contributed by atoms with Gasteiger partial charge < -0.3 is 9.47 Å². The number of hydrazine groups is 1. The number of ether oxygens (including phenoxy) is 2. The molecular formula is C16H21N3O6. The van der Waals surface area contributed by atoms with E-state index in [1.807, 2.05) is 0 Å². The van der Waals surface area contributed by atoms with Gasteiger partial charge in [-0.2, -0.15) is 0 Å². The van der Waals surface area contributed by atoms with E-state index in [0.29, 0.717) is 0 Å². The summed E-state index contributed by atoms with van der Waals surface area (Å²) < 4.78 is 9.78. The molecule has 0 unspecified atom stereocenters. The molecule has 0 fully saturated rings. The van der Waals surface area contributed by atoms with Crippen LogP contribution >= 0.6 is 0 Å². The number of carbonyl (C=O) groups excluding carboxylic acids is 2. The summed E-state index contributed by atoms with van der Waals surface area (Å²) in [7, 11) is 1.18. The second-order valence-corrected chi connectivity index (χ2v) is 5.97. The number of methoxy groups -OCH3 is 1. The Hall–Kier alpha value is -3.10. The van der Waals surface area contributed by atoms with Crippen LogP contribution in [0.2, 0.25) is 0 Å². The van der Waals surface area contributed by atoms with Gasteiger partial charge in [0.05, 0.1) is 24.1 Å². The minimum absolute atomic E-state index is 0.0189. The van der Waals surface area contributed by atoms with Gasteiger partial charge in [0.1, 0.15) is 11.3 Å². The molecule has 0 spiro atoms. The average Bonchev–Trinajstić information content (AvgIpc) is 2.52. The predicted molar refractivity (Wildman–Crippen MR) is 91.2 cm³/mol. The Morgan fingerprint density at radius 3 is 2.52 bits per heavy atom. The zero-order chi connectivity index (χ0) is 19.2. The summed E-state index contributed by atoms with van der Waals surface area (Å²) in [5, 5.41) is 12.3. The third-order valence-electron chi connectivity index (χ3n) is 2.80. The van der Waals surface area contributed by atoms with E-state index in [1.165, 1.54) is 25.3 Å². The number of benzene rings is 1. The van der Waals surface area contributed by atoms with Crippen molar-refractivity contribution >= 4 is 23.4 Å². The van der Waals surface area contributed by atoms with Crippen molar-refractivity contribution in [1.29, 1.82) is 0 Å². The first-order chi connectivity index (χ1) is 11.6. The highest BCUT2D eigenvalue weighted by Crippen LogP contribution is 2.27. The number of carbonyl (C=O) groups is 2. The molecule has 1 N–H and O–H groups in total. The fourth-order valence-corrected chi connectivity index (χ4v) is 1.78. The van der Waals surface area contributed by atoms with E-state index >= 15 is 0 Å². The summed E-state index contributed by atoms with van der Waals surface area (Å²) in [4.78, 5) is 34.3. The molecule has 0 aliphatic carbocycles. The van der Waals surface area contributed by atoms with E-state index in [0.717, 1.165) is 11.1 Å². The van der Waals surface area contributed by atoms with E-state index in [9.17, 15) is 19.7 Å². The monoisotopic (exact) mass is 351 g/mol. The van der Waals surface area contributed by atoms with Crippen molar-refractivity contribution in [2.75, 3.05) is 19.1 Å². The van der Waals surface area contributed by atoms with E-state index in [-0.39, 0.29) is 23.5 Å². The topological polar surface area (TPSA) is 111 Å². The van der Waals surface area contributed by atoms with Crippen molar-refractivity contribution in [2.45, 2.75) is 26.4 Å². The highest BCUT2D eigenvalue weighted by Gasteiger charge is 2.25. The van der Waals surface area contributed by atoms with Crippen LogP contribution in [0.15, 0.2) is 30.9 Å². The van der Waals surface area contributed by atoms with Crippen LogP contribution in [0.3, 0.4) is 0 Å². The Morgan fingerprint density at radius 2 is 2.04 bits per heavy atom. The lowest BCUT2D eigenvalue weighted by molar-refractivity contribution is -0.384. The van der Waals surface area contributed by atoms with Crippen molar-refractivity contribution in [3.05, 3.63) is 46.5 Å². The molecule has 0 aliphatic heterocycles. The standard InChI is InChI=1S/C16H21N3O6/c1-6-9-18(15(21)25-16(2,3)4)17-12-8-7-11(14(20)24-5)10-13(12)19(22)23/h6-8,10,17H,1,9H2,2-5H3. The third kappa shape index (κ3) is 5.79. The van der Waals surface area contributed by atoms with Crippen molar-refractivity contribution in [3.63, 3.8) is 0 Å². The molecule has 1 aromatic carbocycles. The van der Waals surface area contributed by atoms with E-state index in [4.69, 9.17) is 4.74 Å². The molecule has 9 heteroatoms. The van der Waals surface area contributed by atoms with Gasteiger partial charge in [-0.1, -0.05) is 6.08 Å². The Kier molecular flexibility index (Phi) is 6.49. The smallest absolute Gasteiger partial charge is 0.429 e. The van der Waals surface area contributed by atoms with Gasteiger partial charge in [0.15, 0.2) is 0 Å². The summed E-state index contributed by atoms with van der Waals surface area (Å²) in [5.41, 5.74) is 1.54. The molecule has 0 saturated heterocycles. The van der Waals surface area contributed by atoms with Crippen LogP contribution in [0.25, 0.3) is 0 Å². The molecule has 1 amide bonds. The molecular weight excluding hydrogens is 330 g/mol. The Bertz CT molecular complexity index is 681. The SMILES string of the molecule is C=CCN(Nc1ccc(C(=O)OC)cc1[N+](=O)[O-])C(=O)OC(C)(C)C. The van der Waals surface area contributed by atoms with Crippen LogP contribution in [0, 0.1) is 10.1 Å². The number of nitro benzene ring substituents is 1. The number of hydrogen-bond acceptors (Lipinski definition) is 7. The zero-order valence-corrected chi connectivity index (χ0v) is 14.6. The van der Waals surface area contributed by atoms with Crippen LogP contribution in [0.5, 0.6) is 0 Å². The van der Waals surface area contributed by atoms with Crippen molar-refractivity contribution in [1.82, 2.24) is 5.01 Å². The van der Waals surface area contributed by atoms with Gasteiger partial charge in [-0.25, -0.2) is 14.6 Å². The lowest BCUT2D eigenvalue weighted by atomic mass is 10.2. The van der Waals surface area contributed by atoms with Gasteiger partial charge >= 0.3 is 12.1 Å². The van der Waals surface area contributed by atoms with Crippen molar-refractivity contribution in [2.24, 2.45) is 0 Å². The van der Waals surface area contributed by atoms with E-state index < -0.39 is 22.6 Å². The first-order valence-electron chi connectivity index (χ1n) is 7.34. The van der Waals surface area contributed by atoms with Gasteiger partial charge in [-0.3, -0.25) is 15.5 Å². The molecule has 0 saturated carbocycles.